The number of nitrogens with one attached hydrogen (secondary N) is 1. The predicted octanol–water partition coefficient (Wildman–Crippen LogP) is 2.36. The maximum absolute atomic E-state index is 10.2. The van der Waals surface area contributed by atoms with Crippen molar-refractivity contribution in [2.75, 3.05) is 11.9 Å². The molecule has 0 fully saturated rings. The Hall–Kier alpha value is -1.77. The number of benzene rings is 1. The van der Waals surface area contributed by atoms with Crippen LogP contribution in [0.3, 0.4) is 0 Å². The molecule has 15 heavy (non-hydrogen) atoms. The van der Waals surface area contributed by atoms with Crippen LogP contribution in [0.25, 0.3) is 0 Å². The molecule has 0 saturated carbocycles. The van der Waals surface area contributed by atoms with Crippen LogP contribution in [0.4, 0.5) is 5.69 Å². The summed E-state index contributed by atoms with van der Waals surface area (Å²) in [6.45, 7) is 4.59. The number of aliphatic carboxylic acids is 1. The first kappa shape index (κ1) is 11.3. The van der Waals surface area contributed by atoms with Gasteiger partial charge in [-0.25, -0.2) is 4.79 Å². The Bertz CT molecular complexity index is 383. The van der Waals surface area contributed by atoms with Gasteiger partial charge >= 0.3 is 5.97 Å². The van der Waals surface area contributed by atoms with Crippen molar-refractivity contribution >= 4 is 11.7 Å². The number of carboxylic acid groups (broad SMARTS) is 1. The highest BCUT2D eigenvalue weighted by atomic mass is 16.4. The van der Waals surface area contributed by atoms with E-state index in [0.717, 1.165) is 11.8 Å². The summed E-state index contributed by atoms with van der Waals surface area (Å²) in [5.41, 5.74) is 3.42. The second-order valence-electron chi connectivity index (χ2n) is 3.44. The highest BCUT2D eigenvalue weighted by Gasteiger charge is 1.95. The van der Waals surface area contributed by atoms with Gasteiger partial charge < -0.3 is 10.4 Å². The molecule has 80 valence electrons. The lowest BCUT2D eigenvalue weighted by Gasteiger charge is -2.07. The fourth-order valence-corrected chi connectivity index (χ4v) is 1.34. The van der Waals surface area contributed by atoms with Crippen molar-refractivity contribution in [3.63, 3.8) is 0 Å². The van der Waals surface area contributed by atoms with E-state index in [1.165, 1.54) is 11.1 Å². The van der Waals surface area contributed by atoms with Gasteiger partial charge in [0.2, 0.25) is 0 Å². The fraction of sp³-hybridized carbons (Fsp3) is 0.250. The minimum Gasteiger partial charge on any atom is -0.478 e. The summed E-state index contributed by atoms with van der Waals surface area (Å²) in [5, 5.41) is 11.5. The first-order chi connectivity index (χ1) is 7.09. The standard InChI is InChI=1S/C12H15NO2/c1-9-5-6-11(10(2)8-9)13-7-3-4-12(14)15/h3-6,8,13H,7H2,1-2H3,(H,14,15)/b4-3+. The summed E-state index contributed by atoms with van der Waals surface area (Å²) >= 11 is 0. The van der Waals surface area contributed by atoms with Crippen molar-refractivity contribution in [1.29, 1.82) is 0 Å². The molecule has 0 aliphatic carbocycles. The molecule has 0 aliphatic heterocycles. The van der Waals surface area contributed by atoms with Gasteiger partial charge in [-0.2, -0.15) is 0 Å². The van der Waals surface area contributed by atoms with Crippen LogP contribution in [0.2, 0.25) is 0 Å². The molecule has 0 unspecified atom stereocenters. The van der Waals surface area contributed by atoms with Crippen LogP contribution in [-0.2, 0) is 4.79 Å². The lowest BCUT2D eigenvalue weighted by molar-refractivity contribution is -0.131. The first-order valence-corrected chi connectivity index (χ1v) is 4.80. The quantitative estimate of drug-likeness (QED) is 0.742. The summed E-state index contributed by atoms with van der Waals surface area (Å²) in [4.78, 5) is 10.2. The molecule has 3 heteroatoms. The zero-order valence-electron chi connectivity index (χ0n) is 8.95. The Morgan fingerprint density at radius 1 is 1.47 bits per heavy atom. The lowest BCUT2D eigenvalue weighted by atomic mass is 10.1. The fourth-order valence-electron chi connectivity index (χ4n) is 1.34. The van der Waals surface area contributed by atoms with Crippen LogP contribution in [0, 0.1) is 13.8 Å². The van der Waals surface area contributed by atoms with E-state index in [9.17, 15) is 4.79 Å². The van der Waals surface area contributed by atoms with Crippen LogP contribution in [0.5, 0.6) is 0 Å². The largest absolute Gasteiger partial charge is 0.478 e. The molecule has 0 amide bonds. The first-order valence-electron chi connectivity index (χ1n) is 4.80. The molecule has 0 radical (unpaired) electrons. The molecule has 1 aromatic carbocycles. The summed E-state index contributed by atoms with van der Waals surface area (Å²) in [6, 6.07) is 6.11. The van der Waals surface area contributed by atoms with Gasteiger partial charge in [-0.3, -0.25) is 0 Å². The molecular weight excluding hydrogens is 190 g/mol. The molecule has 0 spiro atoms. The summed E-state index contributed by atoms with van der Waals surface area (Å²) < 4.78 is 0. The van der Waals surface area contributed by atoms with E-state index >= 15 is 0 Å². The molecule has 0 aliphatic rings. The molecule has 0 bridgehead atoms. The van der Waals surface area contributed by atoms with Crippen LogP contribution < -0.4 is 5.32 Å². The van der Waals surface area contributed by atoms with Crippen molar-refractivity contribution in [2.24, 2.45) is 0 Å². The Labute approximate surface area is 89.4 Å². The monoisotopic (exact) mass is 205 g/mol. The Morgan fingerprint density at radius 2 is 2.20 bits per heavy atom. The second kappa shape index (κ2) is 5.20. The lowest BCUT2D eigenvalue weighted by Crippen LogP contribution is -2.01. The number of hydrogen-bond acceptors (Lipinski definition) is 2. The Kier molecular flexibility index (Phi) is 3.92. The Morgan fingerprint density at radius 3 is 2.80 bits per heavy atom. The minimum absolute atomic E-state index is 0.524. The number of rotatable bonds is 4. The van der Waals surface area contributed by atoms with E-state index in [2.05, 4.69) is 11.4 Å². The predicted molar refractivity (Wildman–Crippen MR) is 61.2 cm³/mol. The highest BCUT2D eigenvalue weighted by molar-refractivity contribution is 5.79. The number of hydrogen-bond donors (Lipinski definition) is 2. The van der Waals surface area contributed by atoms with Crippen LogP contribution in [0.15, 0.2) is 30.4 Å². The third kappa shape index (κ3) is 3.85. The van der Waals surface area contributed by atoms with Crippen LogP contribution in [-0.4, -0.2) is 17.6 Å². The highest BCUT2D eigenvalue weighted by Crippen LogP contribution is 2.15. The molecule has 1 rings (SSSR count). The van der Waals surface area contributed by atoms with E-state index < -0.39 is 5.97 Å². The van der Waals surface area contributed by atoms with E-state index in [-0.39, 0.29) is 0 Å². The third-order valence-corrected chi connectivity index (χ3v) is 2.05. The number of anilines is 1. The van der Waals surface area contributed by atoms with E-state index in [1.54, 1.807) is 6.08 Å². The minimum atomic E-state index is -0.919. The molecule has 0 atom stereocenters. The summed E-state index contributed by atoms with van der Waals surface area (Å²) in [7, 11) is 0. The van der Waals surface area contributed by atoms with Crippen molar-refractivity contribution in [2.45, 2.75) is 13.8 Å². The molecular formula is C12H15NO2. The van der Waals surface area contributed by atoms with Crippen molar-refractivity contribution in [1.82, 2.24) is 0 Å². The van der Waals surface area contributed by atoms with Crippen molar-refractivity contribution in [3.8, 4) is 0 Å². The van der Waals surface area contributed by atoms with Crippen molar-refractivity contribution < 1.29 is 9.90 Å². The van der Waals surface area contributed by atoms with Gasteiger partial charge in [0.1, 0.15) is 0 Å². The molecule has 3 nitrogen and oxygen atoms in total. The van der Waals surface area contributed by atoms with E-state index in [1.807, 2.05) is 26.0 Å². The summed E-state index contributed by atoms with van der Waals surface area (Å²) in [6.07, 6.45) is 2.72. The number of carbonyl (C=O) groups is 1. The van der Waals surface area contributed by atoms with Crippen LogP contribution in [0.1, 0.15) is 11.1 Å². The topological polar surface area (TPSA) is 49.3 Å². The SMILES string of the molecule is Cc1ccc(NC/C=C/C(=O)O)c(C)c1. The average Bonchev–Trinajstić information content (AvgIpc) is 2.14. The van der Waals surface area contributed by atoms with Gasteiger partial charge in [0.25, 0.3) is 0 Å². The van der Waals surface area contributed by atoms with Gasteiger partial charge in [-0.05, 0) is 25.5 Å². The Balaban J connectivity index is 2.54. The zero-order chi connectivity index (χ0) is 11.3. The maximum Gasteiger partial charge on any atom is 0.328 e. The molecule has 0 aromatic heterocycles. The normalized spacial score (nSPS) is 10.5. The van der Waals surface area contributed by atoms with Crippen LogP contribution >= 0.6 is 0 Å². The van der Waals surface area contributed by atoms with Crippen molar-refractivity contribution in [3.05, 3.63) is 41.5 Å². The number of carboxylic acids is 1. The van der Waals surface area contributed by atoms with Gasteiger partial charge in [-0.1, -0.05) is 23.8 Å². The maximum atomic E-state index is 10.2. The second-order valence-corrected chi connectivity index (χ2v) is 3.44. The van der Waals surface area contributed by atoms with Gasteiger partial charge in [0.05, 0.1) is 0 Å². The summed E-state index contributed by atoms with van der Waals surface area (Å²) in [5.74, 6) is -0.919. The zero-order valence-corrected chi connectivity index (χ0v) is 8.95. The molecule has 0 heterocycles. The smallest absolute Gasteiger partial charge is 0.328 e. The van der Waals surface area contributed by atoms with Gasteiger partial charge in [0.15, 0.2) is 0 Å². The van der Waals surface area contributed by atoms with E-state index in [4.69, 9.17) is 5.11 Å². The van der Waals surface area contributed by atoms with E-state index in [0.29, 0.717) is 6.54 Å². The molecule has 2 N–H and O–H groups in total. The number of aryl methyl sites for hydroxylation is 2. The van der Waals surface area contributed by atoms with Gasteiger partial charge in [-0.15, -0.1) is 0 Å². The molecule has 0 saturated heterocycles. The van der Waals surface area contributed by atoms with Gasteiger partial charge in [0, 0.05) is 18.3 Å². The third-order valence-electron chi connectivity index (χ3n) is 2.05. The molecule has 1 aromatic rings. The average molecular weight is 205 g/mol.